The van der Waals surface area contributed by atoms with Crippen LogP contribution in [0.5, 0.6) is 0 Å². The van der Waals surface area contributed by atoms with Crippen molar-refractivity contribution >= 4 is 35.2 Å². The first-order chi connectivity index (χ1) is 10.0. The van der Waals surface area contributed by atoms with Gasteiger partial charge < -0.3 is 10.4 Å². The summed E-state index contributed by atoms with van der Waals surface area (Å²) < 4.78 is 0. The first kappa shape index (κ1) is 14.7. The Hall–Kier alpha value is -2.66. The molecule has 0 fully saturated rings. The van der Waals surface area contributed by atoms with Crippen LogP contribution in [0, 0.1) is 0 Å². The molecule has 0 saturated heterocycles. The number of anilines is 1. The third-order valence-electron chi connectivity index (χ3n) is 2.52. The van der Waals surface area contributed by atoms with E-state index in [1.165, 1.54) is 18.3 Å². The second-order valence-corrected chi connectivity index (χ2v) is 4.55. The van der Waals surface area contributed by atoms with Gasteiger partial charge in [0.2, 0.25) is 0 Å². The van der Waals surface area contributed by atoms with Crippen molar-refractivity contribution in [2.45, 2.75) is 0 Å². The van der Waals surface area contributed by atoms with Gasteiger partial charge in [0.25, 0.3) is 5.91 Å². The van der Waals surface area contributed by atoms with E-state index >= 15 is 0 Å². The van der Waals surface area contributed by atoms with E-state index in [2.05, 4.69) is 10.3 Å². The van der Waals surface area contributed by atoms with Gasteiger partial charge in [-0.15, -0.1) is 0 Å². The Balaban J connectivity index is 2.12. The fraction of sp³-hybridized carbons (Fsp3) is 0. The molecule has 0 radical (unpaired) electrons. The summed E-state index contributed by atoms with van der Waals surface area (Å²) >= 11 is 5.71. The Kier molecular flexibility index (Phi) is 4.68. The highest BCUT2D eigenvalue weighted by molar-refractivity contribution is 6.30. The number of nitrogens with one attached hydrogen (secondary N) is 1. The van der Waals surface area contributed by atoms with Crippen molar-refractivity contribution < 1.29 is 14.7 Å². The highest BCUT2D eigenvalue weighted by atomic mass is 35.5. The molecule has 1 aromatic heterocycles. The lowest BCUT2D eigenvalue weighted by molar-refractivity contribution is -0.131. The van der Waals surface area contributed by atoms with E-state index in [1.807, 2.05) is 0 Å². The normalized spacial score (nSPS) is 10.5. The van der Waals surface area contributed by atoms with Crippen LogP contribution in [0.1, 0.15) is 16.1 Å². The molecule has 0 atom stereocenters. The Morgan fingerprint density at radius 3 is 2.71 bits per heavy atom. The molecule has 1 aromatic carbocycles. The average molecular weight is 303 g/mol. The van der Waals surface area contributed by atoms with Crippen molar-refractivity contribution in [3.63, 3.8) is 0 Å². The van der Waals surface area contributed by atoms with Gasteiger partial charge in [0.1, 0.15) is 5.69 Å². The largest absolute Gasteiger partial charge is 0.478 e. The molecule has 5 nitrogen and oxygen atoms in total. The number of carbonyl (C=O) groups is 2. The van der Waals surface area contributed by atoms with Crippen molar-refractivity contribution in [1.82, 2.24) is 4.98 Å². The molecule has 1 heterocycles. The highest BCUT2D eigenvalue weighted by Gasteiger charge is 2.07. The van der Waals surface area contributed by atoms with Gasteiger partial charge in [-0.05, 0) is 35.9 Å². The zero-order chi connectivity index (χ0) is 15.2. The maximum atomic E-state index is 12.0. The second kappa shape index (κ2) is 6.67. The van der Waals surface area contributed by atoms with E-state index in [-0.39, 0.29) is 11.6 Å². The quantitative estimate of drug-likeness (QED) is 0.851. The average Bonchev–Trinajstić information content (AvgIpc) is 2.46. The number of carboxylic acid groups (broad SMARTS) is 1. The number of nitrogens with zero attached hydrogens (tertiary/aromatic N) is 1. The number of hydrogen-bond acceptors (Lipinski definition) is 3. The smallest absolute Gasteiger partial charge is 0.328 e. The molecule has 0 aliphatic rings. The molecule has 0 bridgehead atoms. The molecular weight excluding hydrogens is 292 g/mol. The first-order valence-corrected chi connectivity index (χ1v) is 6.36. The molecule has 2 N–H and O–H groups in total. The van der Waals surface area contributed by atoms with Gasteiger partial charge in [-0.3, -0.25) is 4.79 Å². The molecule has 1 amide bonds. The number of aromatic nitrogens is 1. The fourth-order valence-corrected chi connectivity index (χ4v) is 1.70. The van der Waals surface area contributed by atoms with Crippen LogP contribution in [-0.2, 0) is 4.79 Å². The van der Waals surface area contributed by atoms with Crippen molar-refractivity contribution in [1.29, 1.82) is 0 Å². The maximum Gasteiger partial charge on any atom is 0.328 e. The number of benzene rings is 1. The van der Waals surface area contributed by atoms with E-state index in [4.69, 9.17) is 16.7 Å². The minimum Gasteiger partial charge on any atom is -0.478 e. The zero-order valence-corrected chi connectivity index (χ0v) is 11.5. The summed E-state index contributed by atoms with van der Waals surface area (Å²) in [5.74, 6) is -1.40. The summed E-state index contributed by atoms with van der Waals surface area (Å²) in [5, 5.41) is 11.7. The van der Waals surface area contributed by atoms with Crippen LogP contribution < -0.4 is 5.32 Å². The number of carbonyl (C=O) groups excluding carboxylic acids is 1. The molecular formula is C15H11ClN2O3. The zero-order valence-electron chi connectivity index (χ0n) is 10.8. The summed E-state index contributed by atoms with van der Waals surface area (Å²) in [4.78, 5) is 26.4. The predicted octanol–water partition coefficient (Wildman–Crippen LogP) is 3.09. The lowest BCUT2D eigenvalue weighted by Crippen LogP contribution is -2.13. The number of amides is 1. The molecule has 106 valence electrons. The number of carboxylic acids is 1. The molecule has 0 saturated carbocycles. The van der Waals surface area contributed by atoms with E-state index < -0.39 is 5.97 Å². The van der Waals surface area contributed by atoms with Crippen LogP contribution in [0.4, 0.5) is 5.69 Å². The summed E-state index contributed by atoms with van der Waals surface area (Å²) in [6.45, 7) is 0. The molecule has 2 aromatic rings. The van der Waals surface area contributed by atoms with Crippen molar-refractivity contribution in [3.05, 3.63) is 65.0 Å². The fourth-order valence-electron chi connectivity index (χ4n) is 1.59. The van der Waals surface area contributed by atoms with E-state index in [1.54, 1.807) is 30.3 Å². The van der Waals surface area contributed by atoms with Gasteiger partial charge in [0.15, 0.2) is 0 Å². The standard InChI is InChI=1S/C15H11ClN2O3/c16-11-5-6-13(17-9-11)15(21)18-12-3-1-2-10(8-12)4-7-14(19)20/h1-9H,(H,18,21)(H,19,20)/b7-4+. The summed E-state index contributed by atoms with van der Waals surface area (Å²) in [6, 6.07) is 9.91. The van der Waals surface area contributed by atoms with E-state index in [9.17, 15) is 9.59 Å². The van der Waals surface area contributed by atoms with Crippen LogP contribution in [0.3, 0.4) is 0 Å². The molecule has 0 unspecified atom stereocenters. The summed E-state index contributed by atoms with van der Waals surface area (Å²) in [6.07, 6.45) is 3.86. The van der Waals surface area contributed by atoms with Crippen molar-refractivity contribution in [3.8, 4) is 0 Å². The lowest BCUT2D eigenvalue weighted by atomic mass is 10.2. The Morgan fingerprint density at radius 2 is 2.05 bits per heavy atom. The van der Waals surface area contributed by atoms with Crippen LogP contribution in [-0.4, -0.2) is 22.0 Å². The van der Waals surface area contributed by atoms with Crippen molar-refractivity contribution in [2.75, 3.05) is 5.32 Å². The molecule has 0 spiro atoms. The number of hydrogen-bond donors (Lipinski definition) is 2. The van der Waals surface area contributed by atoms with Gasteiger partial charge in [0, 0.05) is 18.0 Å². The Bertz CT molecular complexity index is 696. The van der Waals surface area contributed by atoms with Gasteiger partial charge in [-0.1, -0.05) is 23.7 Å². The van der Waals surface area contributed by atoms with Crippen LogP contribution in [0.15, 0.2) is 48.7 Å². The van der Waals surface area contributed by atoms with Crippen molar-refractivity contribution in [2.24, 2.45) is 0 Å². The highest BCUT2D eigenvalue weighted by Crippen LogP contribution is 2.14. The Morgan fingerprint density at radius 1 is 1.24 bits per heavy atom. The third kappa shape index (κ3) is 4.43. The van der Waals surface area contributed by atoms with Gasteiger partial charge in [-0.25, -0.2) is 9.78 Å². The van der Waals surface area contributed by atoms with E-state index in [0.717, 1.165) is 6.08 Å². The topological polar surface area (TPSA) is 79.3 Å². The molecule has 0 aliphatic heterocycles. The summed E-state index contributed by atoms with van der Waals surface area (Å²) in [7, 11) is 0. The van der Waals surface area contributed by atoms with Crippen LogP contribution in [0.25, 0.3) is 6.08 Å². The second-order valence-electron chi connectivity index (χ2n) is 4.11. The first-order valence-electron chi connectivity index (χ1n) is 5.98. The van der Waals surface area contributed by atoms with Gasteiger partial charge >= 0.3 is 5.97 Å². The van der Waals surface area contributed by atoms with E-state index in [0.29, 0.717) is 16.3 Å². The molecule has 0 aliphatic carbocycles. The number of rotatable bonds is 4. The SMILES string of the molecule is O=C(O)/C=C/c1cccc(NC(=O)c2ccc(Cl)cn2)c1. The number of pyridine rings is 1. The third-order valence-corrected chi connectivity index (χ3v) is 2.75. The maximum absolute atomic E-state index is 12.0. The molecule has 6 heteroatoms. The predicted molar refractivity (Wildman–Crippen MR) is 80.3 cm³/mol. The van der Waals surface area contributed by atoms with Crippen LogP contribution in [0.2, 0.25) is 5.02 Å². The molecule has 21 heavy (non-hydrogen) atoms. The molecule has 2 rings (SSSR count). The monoisotopic (exact) mass is 302 g/mol. The van der Waals surface area contributed by atoms with Gasteiger partial charge in [0.05, 0.1) is 5.02 Å². The number of aliphatic carboxylic acids is 1. The lowest BCUT2D eigenvalue weighted by Gasteiger charge is -2.05. The Labute approximate surface area is 125 Å². The van der Waals surface area contributed by atoms with Crippen LogP contribution >= 0.6 is 11.6 Å². The number of halogens is 1. The minimum absolute atomic E-state index is 0.242. The minimum atomic E-state index is -1.03. The van der Waals surface area contributed by atoms with Gasteiger partial charge in [-0.2, -0.15) is 0 Å². The summed E-state index contributed by atoms with van der Waals surface area (Å²) in [5.41, 5.74) is 1.45.